The number of hydrogen-bond donors (Lipinski definition) is 2. The second kappa shape index (κ2) is 10.3. The molecule has 0 spiro atoms. The van der Waals surface area contributed by atoms with Gasteiger partial charge in [-0.3, -0.25) is 9.59 Å². The lowest BCUT2D eigenvalue weighted by molar-refractivity contribution is -0.137. The van der Waals surface area contributed by atoms with Gasteiger partial charge in [0.05, 0.1) is 18.4 Å². The van der Waals surface area contributed by atoms with Crippen LogP contribution in [0.2, 0.25) is 0 Å². The molecule has 0 fully saturated rings. The number of benzene rings is 2. The molecule has 2 aromatic rings. The fraction of sp³-hybridized carbons (Fsp3) is 0.250. The first-order valence-electron chi connectivity index (χ1n) is 8.80. The van der Waals surface area contributed by atoms with Crippen LogP contribution >= 0.6 is 0 Å². The monoisotopic (exact) mass is 407 g/mol. The zero-order chi connectivity index (χ0) is 21.3. The Morgan fingerprint density at radius 1 is 1.07 bits per heavy atom. The molecule has 9 heteroatoms. The molecule has 0 saturated heterocycles. The van der Waals surface area contributed by atoms with E-state index in [-0.39, 0.29) is 18.5 Å². The lowest BCUT2D eigenvalue weighted by atomic mass is 10.2. The van der Waals surface area contributed by atoms with E-state index in [9.17, 15) is 22.8 Å². The Morgan fingerprint density at radius 3 is 2.52 bits per heavy atom. The van der Waals surface area contributed by atoms with Crippen LogP contribution in [0.25, 0.3) is 0 Å². The highest BCUT2D eigenvalue weighted by molar-refractivity contribution is 5.93. The number of carbonyl (C=O) groups excluding carboxylic acids is 2. The van der Waals surface area contributed by atoms with Crippen molar-refractivity contribution in [3.63, 3.8) is 0 Å². The van der Waals surface area contributed by atoms with Gasteiger partial charge in [-0.15, -0.1) is 0 Å². The second-order valence-electron chi connectivity index (χ2n) is 5.93. The fourth-order valence-corrected chi connectivity index (χ4v) is 2.31. The van der Waals surface area contributed by atoms with Crippen molar-refractivity contribution in [3.8, 4) is 5.75 Å². The van der Waals surface area contributed by atoms with Crippen molar-refractivity contribution in [3.05, 3.63) is 59.7 Å². The molecular weight excluding hydrogens is 387 g/mol. The number of alkyl halides is 3. The van der Waals surface area contributed by atoms with E-state index in [1.165, 1.54) is 18.3 Å². The minimum Gasteiger partial charge on any atom is -0.494 e. The molecule has 2 rings (SSSR count). The van der Waals surface area contributed by atoms with E-state index >= 15 is 0 Å². The molecule has 2 amide bonds. The third-order valence-corrected chi connectivity index (χ3v) is 3.62. The molecule has 0 unspecified atom stereocenters. The minimum absolute atomic E-state index is 0.0115. The van der Waals surface area contributed by atoms with Gasteiger partial charge < -0.3 is 10.1 Å². The summed E-state index contributed by atoms with van der Waals surface area (Å²) >= 11 is 0. The average molecular weight is 407 g/mol. The molecule has 0 heterocycles. The van der Waals surface area contributed by atoms with E-state index in [1.807, 2.05) is 6.92 Å². The lowest BCUT2D eigenvalue weighted by Crippen LogP contribution is -2.20. The molecule has 6 nitrogen and oxygen atoms in total. The Bertz CT molecular complexity index is 883. The van der Waals surface area contributed by atoms with E-state index in [1.54, 1.807) is 24.3 Å². The zero-order valence-corrected chi connectivity index (χ0v) is 15.6. The van der Waals surface area contributed by atoms with Gasteiger partial charge in [-0.25, -0.2) is 5.43 Å². The smallest absolute Gasteiger partial charge is 0.416 e. The van der Waals surface area contributed by atoms with Crippen LogP contribution in [0.1, 0.15) is 30.9 Å². The summed E-state index contributed by atoms with van der Waals surface area (Å²) in [5.74, 6) is -0.400. The predicted molar refractivity (Wildman–Crippen MR) is 103 cm³/mol. The molecule has 0 bridgehead atoms. The summed E-state index contributed by atoms with van der Waals surface area (Å²) in [6.45, 7) is 2.39. The zero-order valence-electron chi connectivity index (χ0n) is 15.6. The molecule has 0 aromatic heterocycles. The van der Waals surface area contributed by atoms with Crippen molar-refractivity contribution >= 4 is 23.7 Å². The summed E-state index contributed by atoms with van der Waals surface area (Å²) in [5, 5.41) is 6.15. The van der Waals surface area contributed by atoms with Gasteiger partial charge in [0.1, 0.15) is 5.75 Å². The molecule has 29 heavy (non-hydrogen) atoms. The third kappa shape index (κ3) is 7.65. The fourth-order valence-electron chi connectivity index (χ4n) is 2.31. The number of nitrogens with one attached hydrogen (secondary N) is 2. The van der Waals surface area contributed by atoms with E-state index in [2.05, 4.69) is 15.8 Å². The number of amides is 2. The molecule has 0 saturated carbocycles. The summed E-state index contributed by atoms with van der Waals surface area (Å²) in [4.78, 5) is 23.6. The molecule has 154 valence electrons. The van der Waals surface area contributed by atoms with E-state index in [0.717, 1.165) is 17.7 Å². The second-order valence-corrected chi connectivity index (χ2v) is 5.93. The van der Waals surface area contributed by atoms with Gasteiger partial charge >= 0.3 is 6.18 Å². The Labute approximate surface area is 165 Å². The van der Waals surface area contributed by atoms with Crippen molar-refractivity contribution in [1.82, 2.24) is 5.43 Å². The summed E-state index contributed by atoms with van der Waals surface area (Å²) in [6.07, 6.45) is -3.43. The number of anilines is 1. The van der Waals surface area contributed by atoms with E-state index < -0.39 is 23.6 Å². The van der Waals surface area contributed by atoms with Crippen LogP contribution < -0.4 is 15.5 Å². The third-order valence-electron chi connectivity index (χ3n) is 3.62. The van der Waals surface area contributed by atoms with Crippen LogP contribution in [-0.4, -0.2) is 24.6 Å². The van der Waals surface area contributed by atoms with Crippen molar-refractivity contribution in [1.29, 1.82) is 0 Å². The van der Waals surface area contributed by atoms with Crippen molar-refractivity contribution < 1.29 is 27.5 Å². The largest absolute Gasteiger partial charge is 0.494 e. The first kappa shape index (κ1) is 21.9. The van der Waals surface area contributed by atoms with Crippen molar-refractivity contribution in [2.75, 3.05) is 11.9 Å². The molecular formula is C20H20F3N3O3. The maximum absolute atomic E-state index is 12.7. The maximum Gasteiger partial charge on any atom is 0.416 e. The SMILES string of the molecule is CCOc1cccc(C=NNC(=O)CCC(=O)Nc2cccc(C(F)(F)F)c2)c1. The number of carbonyl (C=O) groups is 2. The Kier molecular flexibility index (Phi) is 7.76. The van der Waals surface area contributed by atoms with Crippen LogP contribution in [0.4, 0.5) is 18.9 Å². The summed E-state index contributed by atoms with van der Waals surface area (Å²) in [6, 6.07) is 11.4. The van der Waals surface area contributed by atoms with Gasteiger partial charge in [0.15, 0.2) is 0 Å². The molecule has 0 aliphatic rings. The summed E-state index contributed by atoms with van der Waals surface area (Å²) < 4.78 is 43.4. The summed E-state index contributed by atoms with van der Waals surface area (Å²) in [7, 11) is 0. The van der Waals surface area contributed by atoms with Gasteiger partial charge in [0, 0.05) is 18.5 Å². The van der Waals surface area contributed by atoms with E-state index in [4.69, 9.17) is 4.74 Å². The molecule has 2 aromatic carbocycles. The van der Waals surface area contributed by atoms with E-state index in [0.29, 0.717) is 12.4 Å². The first-order valence-corrected chi connectivity index (χ1v) is 8.80. The van der Waals surface area contributed by atoms with Crippen molar-refractivity contribution in [2.45, 2.75) is 25.9 Å². The van der Waals surface area contributed by atoms with Crippen LogP contribution in [0.3, 0.4) is 0 Å². The number of ether oxygens (including phenoxy) is 1. The van der Waals surface area contributed by atoms with Crippen LogP contribution in [0.5, 0.6) is 5.75 Å². The highest BCUT2D eigenvalue weighted by Crippen LogP contribution is 2.30. The summed E-state index contributed by atoms with van der Waals surface area (Å²) in [5.41, 5.74) is 2.16. The Hall–Kier alpha value is -3.36. The normalized spacial score (nSPS) is 11.3. The highest BCUT2D eigenvalue weighted by atomic mass is 19.4. The topological polar surface area (TPSA) is 79.8 Å². The minimum atomic E-state index is -4.50. The van der Waals surface area contributed by atoms with Gasteiger partial charge in [-0.05, 0) is 42.8 Å². The molecule has 0 aliphatic carbocycles. The van der Waals surface area contributed by atoms with Crippen LogP contribution in [0, 0.1) is 0 Å². The van der Waals surface area contributed by atoms with Gasteiger partial charge in [0.2, 0.25) is 11.8 Å². The van der Waals surface area contributed by atoms with Crippen LogP contribution in [0.15, 0.2) is 53.6 Å². The number of hydrazone groups is 1. The standard InChI is InChI=1S/C20H20F3N3O3/c1-2-29-17-8-3-5-14(11-17)13-24-26-19(28)10-9-18(27)25-16-7-4-6-15(12-16)20(21,22)23/h3-8,11-13H,2,9-10H2,1H3,(H,25,27)(H,26,28). The molecule has 0 aliphatic heterocycles. The quantitative estimate of drug-likeness (QED) is 0.513. The Balaban J connectivity index is 1.79. The van der Waals surface area contributed by atoms with Gasteiger partial charge in [0.25, 0.3) is 0 Å². The predicted octanol–water partition coefficient (Wildman–Crippen LogP) is 3.97. The first-order chi connectivity index (χ1) is 13.8. The lowest BCUT2D eigenvalue weighted by Gasteiger charge is -2.09. The molecule has 0 radical (unpaired) electrons. The molecule has 0 atom stereocenters. The number of hydrogen-bond acceptors (Lipinski definition) is 4. The average Bonchev–Trinajstić information content (AvgIpc) is 2.67. The Morgan fingerprint density at radius 2 is 1.79 bits per heavy atom. The molecule has 2 N–H and O–H groups in total. The number of rotatable bonds is 8. The van der Waals surface area contributed by atoms with Gasteiger partial charge in [-0.1, -0.05) is 18.2 Å². The number of nitrogens with zero attached hydrogens (tertiary/aromatic N) is 1. The van der Waals surface area contributed by atoms with Crippen LogP contribution in [-0.2, 0) is 15.8 Å². The van der Waals surface area contributed by atoms with Crippen molar-refractivity contribution in [2.24, 2.45) is 5.10 Å². The van der Waals surface area contributed by atoms with Gasteiger partial charge in [-0.2, -0.15) is 18.3 Å². The highest BCUT2D eigenvalue weighted by Gasteiger charge is 2.30. The maximum atomic E-state index is 12.7. The number of halogens is 3.